The van der Waals surface area contributed by atoms with E-state index < -0.39 is 0 Å². The van der Waals surface area contributed by atoms with Gasteiger partial charge in [0.25, 0.3) is 0 Å². The number of likely N-dealkylation sites (tertiary alicyclic amines) is 1. The molecule has 4 heteroatoms. The molecule has 2 aliphatic heterocycles. The minimum atomic E-state index is 0.118. The van der Waals surface area contributed by atoms with Gasteiger partial charge in [0.1, 0.15) is 0 Å². The Bertz CT molecular complexity index is 447. The van der Waals surface area contributed by atoms with Crippen LogP contribution in [0.25, 0.3) is 0 Å². The summed E-state index contributed by atoms with van der Waals surface area (Å²) in [7, 11) is 2.23. The first-order valence-corrected chi connectivity index (χ1v) is 8.00. The van der Waals surface area contributed by atoms with Crippen molar-refractivity contribution in [1.29, 1.82) is 0 Å². The standard InChI is InChI=1S/C17H27N3O/c1-19(16-7-10-21-12-16)17(13-18)8-9-20(14-17)11-15-5-3-2-4-6-15/h2-6,16H,7-14,18H2,1H3. The smallest absolute Gasteiger partial charge is 0.0622 e. The van der Waals surface area contributed by atoms with Crippen LogP contribution in [-0.2, 0) is 11.3 Å². The van der Waals surface area contributed by atoms with Gasteiger partial charge in [-0.2, -0.15) is 0 Å². The first kappa shape index (κ1) is 15.0. The predicted octanol–water partition coefficient (Wildman–Crippen LogP) is 1.31. The van der Waals surface area contributed by atoms with Crippen LogP contribution in [-0.4, -0.2) is 61.3 Å². The van der Waals surface area contributed by atoms with E-state index in [0.717, 1.165) is 52.2 Å². The molecule has 0 aliphatic carbocycles. The third kappa shape index (κ3) is 3.14. The molecular formula is C17H27N3O. The van der Waals surface area contributed by atoms with E-state index in [4.69, 9.17) is 10.5 Å². The molecule has 0 amide bonds. The molecule has 1 aromatic carbocycles. The molecule has 2 aliphatic rings. The van der Waals surface area contributed by atoms with Gasteiger partial charge in [-0.3, -0.25) is 9.80 Å². The fourth-order valence-electron chi connectivity index (χ4n) is 3.73. The zero-order valence-corrected chi connectivity index (χ0v) is 13.0. The molecule has 4 nitrogen and oxygen atoms in total. The lowest BCUT2D eigenvalue weighted by atomic mass is 9.94. The van der Waals surface area contributed by atoms with E-state index in [1.54, 1.807) is 0 Å². The minimum Gasteiger partial charge on any atom is -0.380 e. The van der Waals surface area contributed by atoms with Gasteiger partial charge in [-0.1, -0.05) is 30.3 Å². The zero-order valence-electron chi connectivity index (χ0n) is 13.0. The highest BCUT2D eigenvalue weighted by Crippen LogP contribution is 2.30. The van der Waals surface area contributed by atoms with Crippen molar-refractivity contribution >= 4 is 0 Å². The lowest BCUT2D eigenvalue weighted by Gasteiger charge is -2.41. The van der Waals surface area contributed by atoms with Gasteiger partial charge in [-0.15, -0.1) is 0 Å². The van der Waals surface area contributed by atoms with Crippen molar-refractivity contribution in [3.63, 3.8) is 0 Å². The predicted molar refractivity (Wildman–Crippen MR) is 85.1 cm³/mol. The number of likely N-dealkylation sites (N-methyl/N-ethyl adjacent to an activating group) is 1. The molecule has 2 N–H and O–H groups in total. The Morgan fingerprint density at radius 2 is 2.19 bits per heavy atom. The van der Waals surface area contributed by atoms with Gasteiger partial charge in [0, 0.05) is 44.4 Å². The molecule has 0 spiro atoms. The topological polar surface area (TPSA) is 41.7 Å². The summed E-state index contributed by atoms with van der Waals surface area (Å²) in [4.78, 5) is 5.04. The van der Waals surface area contributed by atoms with Crippen molar-refractivity contribution in [2.45, 2.75) is 31.0 Å². The normalized spacial score (nSPS) is 30.3. The van der Waals surface area contributed by atoms with Crippen molar-refractivity contribution in [2.75, 3.05) is 39.9 Å². The molecule has 0 saturated carbocycles. The molecule has 0 aromatic heterocycles. The Kier molecular flexibility index (Phi) is 4.60. The third-order valence-corrected chi connectivity index (χ3v) is 5.24. The molecule has 2 saturated heterocycles. The lowest BCUT2D eigenvalue weighted by Crippen LogP contribution is -2.57. The van der Waals surface area contributed by atoms with Crippen molar-refractivity contribution in [3.8, 4) is 0 Å². The maximum absolute atomic E-state index is 6.18. The first-order chi connectivity index (χ1) is 10.2. The largest absolute Gasteiger partial charge is 0.380 e. The van der Waals surface area contributed by atoms with Crippen LogP contribution in [0.15, 0.2) is 30.3 Å². The van der Waals surface area contributed by atoms with E-state index >= 15 is 0 Å². The van der Waals surface area contributed by atoms with Crippen LogP contribution in [0.2, 0.25) is 0 Å². The zero-order chi connectivity index (χ0) is 14.7. The summed E-state index contributed by atoms with van der Waals surface area (Å²) in [5, 5.41) is 0. The minimum absolute atomic E-state index is 0.118. The Labute approximate surface area is 127 Å². The highest BCUT2D eigenvalue weighted by molar-refractivity contribution is 5.15. The number of rotatable bonds is 5. The molecule has 2 atom stereocenters. The molecule has 0 bridgehead atoms. The molecule has 3 rings (SSSR count). The second kappa shape index (κ2) is 6.44. The second-order valence-electron chi connectivity index (χ2n) is 6.50. The molecule has 2 unspecified atom stereocenters. The van der Waals surface area contributed by atoms with Gasteiger partial charge in [0.15, 0.2) is 0 Å². The number of hydrogen-bond acceptors (Lipinski definition) is 4. The summed E-state index contributed by atoms with van der Waals surface area (Å²) in [5.74, 6) is 0. The average molecular weight is 289 g/mol. The fourth-order valence-corrected chi connectivity index (χ4v) is 3.73. The molecule has 0 radical (unpaired) electrons. The van der Waals surface area contributed by atoms with Gasteiger partial charge in [0.05, 0.1) is 6.61 Å². The van der Waals surface area contributed by atoms with E-state index in [-0.39, 0.29) is 5.54 Å². The SMILES string of the molecule is CN(C1CCOC1)C1(CN)CCN(Cc2ccccc2)C1. The van der Waals surface area contributed by atoms with Crippen LogP contribution in [0.3, 0.4) is 0 Å². The van der Waals surface area contributed by atoms with Crippen molar-refractivity contribution < 1.29 is 4.74 Å². The molecule has 21 heavy (non-hydrogen) atoms. The second-order valence-corrected chi connectivity index (χ2v) is 6.50. The maximum atomic E-state index is 6.18. The van der Waals surface area contributed by atoms with Crippen LogP contribution in [0.1, 0.15) is 18.4 Å². The van der Waals surface area contributed by atoms with E-state index in [9.17, 15) is 0 Å². The monoisotopic (exact) mass is 289 g/mol. The van der Waals surface area contributed by atoms with E-state index in [1.807, 2.05) is 0 Å². The summed E-state index contributed by atoms with van der Waals surface area (Å²) in [5.41, 5.74) is 7.69. The molecule has 116 valence electrons. The summed E-state index contributed by atoms with van der Waals surface area (Å²) >= 11 is 0. The number of nitrogens with zero attached hydrogens (tertiary/aromatic N) is 2. The van der Waals surface area contributed by atoms with Crippen molar-refractivity contribution in [1.82, 2.24) is 9.80 Å². The maximum Gasteiger partial charge on any atom is 0.0622 e. The Hall–Kier alpha value is -0.940. The Balaban J connectivity index is 1.65. The molecule has 1 aromatic rings. The highest BCUT2D eigenvalue weighted by atomic mass is 16.5. The summed E-state index contributed by atoms with van der Waals surface area (Å²) < 4.78 is 5.55. The van der Waals surface area contributed by atoms with Gasteiger partial charge in [0.2, 0.25) is 0 Å². The number of nitrogens with two attached hydrogens (primary N) is 1. The molecule has 2 fully saturated rings. The number of ether oxygens (including phenoxy) is 1. The first-order valence-electron chi connectivity index (χ1n) is 8.00. The van der Waals surface area contributed by atoms with E-state index in [1.165, 1.54) is 5.56 Å². The number of hydrogen-bond donors (Lipinski definition) is 1. The summed E-state index contributed by atoms with van der Waals surface area (Å²) in [6, 6.07) is 11.2. The van der Waals surface area contributed by atoms with Gasteiger partial charge >= 0.3 is 0 Å². The van der Waals surface area contributed by atoms with E-state index in [2.05, 4.69) is 47.2 Å². The highest BCUT2D eigenvalue weighted by Gasteiger charge is 2.43. The average Bonchev–Trinajstić information content (AvgIpc) is 3.18. The number of benzene rings is 1. The van der Waals surface area contributed by atoms with Gasteiger partial charge in [-0.05, 0) is 25.5 Å². The Morgan fingerprint density at radius 1 is 1.38 bits per heavy atom. The van der Waals surface area contributed by atoms with Gasteiger partial charge < -0.3 is 10.5 Å². The van der Waals surface area contributed by atoms with E-state index in [0.29, 0.717) is 6.04 Å². The lowest BCUT2D eigenvalue weighted by molar-refractivity contribution is 0.0700. The Morgan fingerprint density at radius 3 is 2.86 bits per heavy atom. The third-order valence-electron chi connectivity index (χ3n) is 5.24. The van der Waals surface area contributed by atoms with Crippen LogP contribution >= 0.6 is 0 Å². The summed E-state index contributed by atoms with van der Waals surface area (Å²) in [6.45, 7) is 5.69. The van der Waals surface area contributed by atoms with Gasteiger partial charge in [-0.25, -0.2) is 0 Å². The summed E-state index contributed by atoms with van der Waals surface area (Å²) in [6.07, 6.45) is 2.29. The van der Waals surface area contributed by atoms with Crippen molar-refractivity contribution in [2.24, 2.45) is 5.73 Å². The quantitative estimate of drug-likeness (QED) is 0.887. The van der Waals surface area contributed by atoms with Crippen LogP contribution < -0.4 is 5.73 Å². The fraction of sp³-hybridized carbons (Fsp3) is 0.647. The van der Waals surface area contributed by atoms with Crippen molar-refractivity contribution in [3.05, 3.63) is 35.9 Å². The van der Waals surface area contributed by atoms with Crippen LogP contribution in [0.5, 0.6) is 0 Å². The molecular weight excluding hydrogens is 262 g/mol. The van der Waals surface area contributed by atoms with Crippen LogP contribution in [0.4, 0.5) is 0 Å². The van der Waals surface area contributed by atoms with Crippen LogP contribution in [0, 0.1) is 0 Å². The molecule has 2 heterocycles.